The number of amides is 1. The minimum Gasteiger partial charge on any atom is -0.349 e. The van der Waals surface area contributed by atoms with Gasteiger partial charge in [-0.15, -0.1) is 0 Å². The van der Waals surface area contributed by atoms with Crippen LogP contribution in [0.25, 0.3) is 0 Å². The van der Waals surface area contributed by atoms with Gasteiger partial charge in [0.15, 0.2) is 0 Å². The van der Waals surface area contributed by atoms with Crippen molar-refractivity contribution >= 4 is 40.1 Å². The largest absolute Gasteiger partial charge is 0.349 e. The maximum Gasteiger partial charge on any atom is 0.252 e. The predicted octanol–water partition coefficient (Wildman–Crippen LogP) is 3.19. The third kappa shape index (κ3) is 3.83. The lowest BCUT2D eigenvalue weighted by atomic mass is 9.84. The van der Waals surface area contributed by atoms with Gasteiger partial charge >= 0.3 is 0 Å². The van der Waals surface area contributed by atoms with Gasteiger partial charge in [0, 0.05) is 14.6 Å². The standard InChI is InChI=1S/C14H18ClIN2O/c15-10-5-6-12(16)11(7-10)14(19)18-13-4-2-1-3-9(13)8-17/h5-7,9,13H,1-4,8,17H2,(H,18,19). The van der Waals surface area contributed by atoms with Crippen LogP contribution in [0.1, 0.15) is 36.0 Å². The van der Waals surface area contributed by atoms with E-state index >= 15 is 0 Å². The Labute approximate surface area is 132 Å². The minimum absolute atomic E-state index is 0.0442. The van der Waals surface area contributed by atoms with Crippen LogP contribution in [0.5, 0.6) is 0 Å². The number of nitrogens with one attached hydrogen (secondary N) is 1. The maximum absolute atomic E-state index is 12.3. The molecule has 3 nitrogen and oxygen atoms in total. The molecule has 1 aliphatic carbocycles. The minimum atomic E-state index is -0.0442. The molecule has 2 rings (SSSR count). The second-order valence-electron chi connectivity index (χ2n) is 4.98. The Bertz CT molecular complexity index is 467. The fourth-order valence-corrected chi connectivity index (χ4v) is 3.35. The average molecular weight is 393 g/mol. The van der Waals surface area contributed by atoms with E-state index in [1.807, 2.05) is 6.07 Å². The summed E-state index contributed by atoms with van der Waals surface area (Å²) in [5, 5.41) is 3.71. The SMILES string of the molecule is NCC1CCCCC1NC(=O)c1cc(Cl)ccc1I. The van der Waals surface area contributed by atoms with E-state index in [2.05, 4.69) is 27.9 Å². The van der Waals surface area contributed by atoms with Crippen molar-refractivity contribution in [3.8, 4) is 0 Å². The zero-order valence-corrected chi connectivity index (χ0v) is 13.6. The van der Waals surface area contributed by atoms with Gasteiger partial charge in [0.05, 0.1) is 5.56 Å². The van der Waals surface area contributed by atoms with Crippen molar-refractivity contribution in [2.75, 3.05) is 6.54 Å². The summed E-state index contributed by atoms with van der Waals surface area (Å²) in [5.41, 5.74) is 6.44. The van der Waals surface area contributed by atoms with Gasteiger partial charge in [0.25, 0.3) is 5.91 Å². The summed E-state index contributed by atoms with van der Waals surface area (Å²) in [6.07, 6.45) is 4.50. The van der Waals surface area contributed by atoms with Gasteiger partial charge in [-0.25, -0.2) is 0 Å². The van der Waals surface area contributed by atoms with Gasteiger partial charge < -0.3 is 11.1 Å². The van der Waals surface area contributed by atoms with Gasteiger partial charge in [-0.1, -0.05) is 24.4 Å². The molecule has 5 heteroatoms. The smallest absolute Gasteiger partial charge is 0.252 e. The highest BCUT2D eigenvalue weighted by Crippen LogP contribution is 2.24. The molecule has 0 bridgehead atoms. The number of benzene rings is 1. The molecule has 0 spiro atoms. The zero-order chi connectivity index (χ0) is 13.8. The summed E-state index contributed by atoms with van der Waals surface area (Å²) < 4.78 is 0.916. The van der Waals surface area contributed by atoms with Gasteiger partial charge in [-0.3, -0.25) is 4.79 Å². The van der Waals surface area contributed by atoms with Crippen molar-refractivity contribution in [2.45, 2.75) is 31.7 Å². The van der Waals surface area contributed by atoms with Crippen LogP contribution >= 0.6 is 34.2 Å². The highest BCUT2D eigenvalue weighted by atomic mass is 127. The Morgan fingerprint density at radius 3 is 2.89 bits per heavy atom. The topological polar surface area (TPSA) is 55.1 Å². The second kappa shape index (κ2) is 6.90. The third-order valence-electron chi connectivity index (χ3n) is 3.70. The molecule has 2 atom stereocenters. The fourth-order valence-electron chi connectivity index (χ4n) is 2.60. The van der Waals surface area contributed by atoms with E-state index in [1.165, 1.54) is 6.42 Å². The average Bonchev–Trinajstić information content (AvgIpc) is 2.42. The van der Waals surface area contributed by atoms with Gasteiger partial charge in [-0.05, 0) is 66.1 Å². The molecule has 1 amide bonds. The van der Waals surface area contributed by atoms with E-state index in [0.29, 0.717) is 23.0 Å². The van der Waals surface area contributed by atoms with Crippen LogP contribution in [0.15, 0.2) is 18.2 Å². The first-order valence-electron chi connectivity index (χ1n) is 6.58. The highest BCUT2D eigenvalue weighted by molar-refractivity contribution is 14.1. The van der Waals surface area contributed by atoms with E-state index < -0.39 is 0 Å². The number of carbonyl (C=O) groups excluding carboxylic acids is 1. The molecule has 1 saturated carbocycles. The van der Waals surface area contributed by atoms with Crippen LogP contribution in [-0.4, -0.2) is 18.5 Å². The summed E-state index contributed by atoms with van der Waals surface area (Å²) in [6, 6.07) is 5.57. The maximum atomic E-state index is 12.3. The highest BCUT2D eigenvalue weighted by Gasteiger charge is 2.26. The van der Waals surface area contributed by atoms with Gasteiger partial charge in [0.1, 0.15) is 0 Å². The molecule has 0 radical (unpaired) electrons. The molecule has 2 unspecified atom stereocenters. The zero-order valence-electron chi connectivity index (χ0n) is 10.7. The van der Waals surface area contributed by atoms with E-state index in [4.69, 9.17) is 17.3 Å². The molecular formula is C14H18ClIN2O. The molecule has 0 heterocycles. The van der Waals surface area contributed by atoms with Crippen LogP contribution in [0, 0.1) is 9.49 Å². The first-order chi connectivity index (χ1) is 9.11. The molecule has 1 aromatic rings. The molecule has 104 valence electrons. The lowest BCUT2D eigenvalue weighted by Crippen LogP contribution is -2.44. The summed E-state index contributed by atoms with van der Waals surface area (Å²) in [7, 11) is 0. The number of hydrogen-bond acceptors (Lipinski definition) is 2. The first kappa shape index (κ1) is 15.1. The molecule has 0 aromatic heterocycles. The lowest BCUT2D eigenvalue weighted by Gasteiger charge is -2.31. The number of carbonyl (C=O) groups is 1. The van der Waals surface area contributed by atoms with Crippen molar-refractivity contribution in [3.05, 3.63) is 32.4 Å². The molecule has 1 fully saturated rings. The predicted molar refractivity (Wildman–Crippen MR) is 86.4 cm³/mol. The summed E-state index contributed by atoms with van der Waals surface area (Å²) in [6.45, 7) is 0.636. The molecule has 19 heavy (non-hydrogen) atoms. The van der Waals surface area contributed by atoms with Crippen molar-refractivity contribution in [1.82, 2.24) is 5.32 Å². The lowest BCUT2D eigenvalue weighted by molar-refractivity contribution is 0.0907. The molecule has 1 aliphatic rings. The Kier molecular flexibility index (Phi) is 5.47. The third-order valence-corrected chi connectivity index (χ3v) is 4.88. The van der Waals surface area contributed by atoms with E-state index in [9.17, 15) is 4.79 Å². The van der Waals surface area contributed by atoms with Gasteiger partial charge in [0.2, 0.25) is 0 Å². The van der Waals surface area contributed by atoms with Crippen LogP contribution in [-0.2, 0) is 0 Å². The summed E-state index contributed by atoms with van der Waals surface area (Å²) in [4.78, 5) is 12.3. The number of rotatable bonds is 3. The molecule has 0 saturated heterocycles. The molecular weight excluding hydrogens is 375 g/mol. The van der Waals surface area contributed by atoms with Crippen molar-refractivity contribution < 1.29 is 4.79 Å². The Morgan fingerprint density at radius 1 is 1.42 bits per heavy atom. The quantitative estimate of drug-likeness (QED) is 0.776. The first-order valence-corrected chi connectivity index (χ1v) is 8.03. The van der Waals surface area contributed by atoms with Crippen LogP contribution in [0.3, 0.4) is 0 Å². The fraction of sp³-hybridized carbons (Fsp3) is 0.500. The summed E-state index contributed by atoms with van der Waals surface area (Å²) in [5.74, 6) is 0.354. The van der Waals surface area contributed by atoms with E-state index in [-0.39, 0.29) is 11.9 Å². The summed E-state index contributed by atoms with van der Waals surface area (Å²) >= 11 is 8.11. The molecule has 1 aromatic carbocycles. The Hall–Kier alpha value is -0.330. The van der Waals surface area contributed by atoms with Gasteiger partial charge in [-0.2, -0.15) is 0 Å². The Morgan fingerprint density at radius 2 is 2.16 bits per heavy atom. The van der Waals surface area contributed by atoms with Crippen molar-refractivity contribution in [3.63, 3.8) is 0 Å². The number of nitrogens with two attached hydrogens (primary N) is 1. The Balaban J connectivity index is 2.09. The normalized spacial score (nSPS) is 23.1. The molecule has 0 aliphatic heterocycles. The van der Waals surface area contributed by atoms with Crippen LogP contribution < -0.4 is 11.1 Å². The second-order valence-corrected chi connectivity index (χ2v) is 6.58. The number of halogens is 2. The van der Waals surface area contributed by atoms with E-state index in [1.54, 1.807) is 12.1 Å². The van der Waals surface area contributed by atoms with Crippen molar-refractivity contribution in [1.29, 1.82) is 0 Å². The van der Waals surface area contributed by atoms with Crippen molar-refractivity contribution in [2.24, 2.45) is 11.7 Å². The number of hydrogen-bond donors (Lipinski definition) is 2. The van der Waals surface area contributed by atoms with Crippen LogP contribution in [0.4, 0.5) is 0 Å². The monoisotopic (exact) mass is 392 g/mol. The molecule has 3 N–H and O–H groups in total. The van der Waals surface area contributed by atoms with E-state index in [0.717, 1.165) is 22.8 Å². The van der Waals surface area contributed by atoms with Crippen LogP contribution in [0.2, 0.25) is 5.02 Å².